The lowest BCUT2D eigenvalue weighted by Crippen LogP contribution is -2.21. The van der Waals surface area contributed by atoms with Crippen LogP contribution in [-0.2, 0) is 6.54 Å². The van der Waals surface area contributed by atoms with Crippen LogP contribution in [0.15, 0.2) is 47.5 Å². The molecule has 148 valence electrons. The predicted octanol–water partition coefficient (Wildman–Crippen LogP) is 3.35. The van der Waals surface area contributed by atoms with E-state index < -0.39 is 0 Å². The maximum absolute atomic E-state index is 12.9. The van der Waals surface area contributed by atoms with Gasteiger partial charge in [-0.05, 0) is 29.8 Å². The quantitative estimate of drug-likeness (QED) is 0.481. The Morgan fingerprint density at radius 3 is 2.52 bits per heavy atom. The molecule has 4 rings (SSSR count). The average Bonchev–Trinajstić information content (AvgIpc) is 3.17. The molecule has 0 aliphatic rings. The minimum absolute atomic E-state index is 0.155. The second kappa shape index (κ2) is 7.73. The van der Waals surface area contributed by atoms with E-state index in [1.807, 2.05) is 0 Å². The largest absolute Gasteiger partial charge is 0.493 e. The van der Waals surface area contributed by atoms with Gasteiger partial charge < -0.3 is 9.47 Å². The molecule has 0 spiro atoms. The topological polar surface area (TPSA) is 84.1 Å². The van der Waals surface area contributed by atoms with Gasteiger partial charge in [-0.2, -0.15) is 4.68 Å². The van der Waals surface area contributed by atoms with E-state index in [0.717, 1.165) is 5.56 Å². The molecule has 0 fully saturated rings. The Kier molecular flexibility index (Phi) is 5.12. The van der Waals surface area contributed by atoms with Gasteiger partial charge >= 0.3 is 0 Å². The monoisotopic (exact) mass is 431 g/mol. The van der Waals surface area contributed by atoms with Gasteiger partial charge in [0.25, 0.3) is 5.56 Å². The molecule has 0 saturated carbocycles. The maximum Gasteiger partial charge on any atom is 0.283 e. The first kappa shape index (κ1) is 19.2. The van der Waals surface area contributed by atoms with Crippen LogP contribution in [0.3, 0.4) is 0 Å². The maximum atomic E-state index is 12.9. The number of hydrogen-bond donors (Lipinski definition) is 0. The van der Waals surface area contributed by atoms with Crippen LogP contribution in [0.25, 0.3) is 16.9 Å². The molecule has 0 atom stereocenters. The number of rotatable bonds is 5. The Bertz CT molecular complexity index is 1270. The lowest BCUT2D eigenvalue weighted by Gasteiger charge is -2.09. The molecule has 4 aromatic rings. The number of ether oxygens (including phenoxy) is 2. The van der Waals surface area contributed by atoms with Gasteiger partial charge in [-0.1, -0.05) is 34.5 Å². The summed E-state index contributed by atoms with van der Waals surface area (Å²) in [5.74, 6) is 1.11. The summed E-state index contributed by atoms with van der Waals surface area (Å²) < 4.78 is 13.5. The normalized spacial score (nSPS) is 11.0. The van der Waals surface area contributed by atoms with Crippen LogP contribution >= 0.6 is 23.2 Å². The van der Waals surface area contributed by atoms with E-state index in [-0.39, 0.29) is 17.6 Å². The van der Waals surface area contributed by atoms with E-state index in [0.29, 0.717) is 32.9 Å². The van der Waals surface area contributed by atoms with Gasteiger partial charge in [0.05, 0.1) is 36.5 Å². The van der Waals surface area contributed by atoms with Crippen molar-refractivity contribution in [1.82, 2.24) is 24.5 Å². The molecule has 0 bridgehead atoms. The summed E-state index contributed by atoms with van der Waals surface area (Å²) in [6, 6.07) is 10.4. The van der Waals surface area contributed by atoms with Crippen molar-refractivity contribution < 1.29 is 9.47 Å². The molecular formula is C19H15Cl2N5O3. The van der Waals surface area contributed by atoms with E-state index in [9.17, 15) is 4.79 Å². The molecular weight excluding hydrogens is 417 g/mol. The number of fused-ring (bicyclic) bond motifs is 1. The van der Waals surface area contributed by atoms with Gasteiger partial charge in [0, 0.05) is 6.07 Å². The Morgan fingerprint density at radius 2 is 1.79 bits per heavy atom. The second-order valence-electron chi connectivity index (χ2n) is 6.14. The van der Waals surface area contributed by atoms with Crippen molar-refractivity contribution in [2.45, 2.75) is 6.54 Å². The van der Waals surface area contributed by atoms with Gasteiger partial charge in [0.15, 0.2) is 22.7 Å². The van der Waals surface area contributed by atoms with E-state index in [1.165, 1.54) is 15.6 Å². The first-order valence-electron chi connectivity index (χ1n) is 8.49. The fourth-order valence-corrected chi connectivity index (χ4v) is 3.24. The molecule has 10 heteroatoms. The van der Waals surface area contributed by atoms with Crippen LogP contribution in [0.4, 0.5) is 0 Å². The molecule has 2 heterocycles. The summed E-state index contributed by atoms with van der Waals surface area (Å²) >= 11 is 12.0. The molecule has 0 aliphatic carbocycles. The number of aromatic nitrogens is 5. The number of benzene rings is 2. The SMILES string of the molecule is COc1ccc(-n2nnc3c(=O)n(Cc4ccc(Cl)c(Cl)c4)cnc32)cc1OC. The third kappa shape index (κ3) is 3.52. The van der Waals surface area contributed by atoms with E-state index >= 15 is 0 Å². The molecule has 0 aliphatic heterocycles. The first-order valence-corrected chi connectivity index (χ1v) is 9.24. The van der Waals surface area contributed by atoms with E-state index in [1.54, 1.807) is 50.6 Å². The highest BCUT2D eigenvalue weighted by atomic mass is 35.5. The summed E-state index contributed by atoms with van der Waals surface area (Å²) in [6.07, 6.45) is 1.45. The lowest BCUT2D eigenvalue weighted by atomic mass is 10.2. The minimum atomic E-state index is -0.312. The van der Waals surface area contributed by atoms with Crippen molar-refractivity contribution in [1.29, 1.82) is 0 Å². The fraction of sp³-hybridized carbons (Fsp3) is 0.158. The van der Waals surface area contributed by atoms with Gasteiger partial charge in [-0.3, -0.25) is 9.36 Å². The van der Waals surface area contributed by atoms with Gasteiger partial charge in [-0.25, -0.2) is 4.98 Å². The van der Waals surface area contributed by atoms with Crippen LogP contribution in [0.1, 0.15) is 5.56 Å². The molecule has 0 radical (unpaired) electrons. The zero-order valence-corrected chi connectivity index (χ0v) is 17.0. The Hall–Kier alpha value is -3.10. The first-order chi connectivity index (χ1) is 14.0. The summed E-state index contributed by atoms with van der Waals surface area (Å²) in [5, 5.41) is 8.99. The highest BCUT2D eigenvalue weighted by molar-refractivity contribution is 6.42. The average molecular weight is 432 g/mol. The highest BCUT2D eigenvalue weighted by Gasteiger charge is 2.15. The van der Waals surface area contributed by atoms with Crippen LogP contribution < -0.4 is 15.0 Å². The molecule has 2 aromatic carbocycles. The van der Waals surface area contributed by atoms with Crippen molar-refractivity contribution in [3.05, 3.63) is 68.7 Å². The molecule has 0 saturated heterocycles. The molecule has 29 heavy (non-hydrogen) atoms. The highest BCUT2D eigenvalue weighted by Crippen LogP contribution is 2.29. The number of methoxy groups -OCH3 is 2. The third-order valence-electron chi connectivity index (χ3n) is 4.38. The molecule has 2 aromatic heterocycles. The van der Waals surface area contributed by atoms with Crippen molar-refractivity contribution in [3.8, 4) is 17.2 Å². The summed E-state index contributed by atoms with van der Waals surface area (Å²) in [4.78, 5) is 17.2. The van der Waals surface area contributed by atoms with Crippen LogP contribution in [0.2, 0.25) is 10.0 Å². The molecule has 0 N–H and O–H groups in total. The minimum Gasteiger partial charge on any atom is -0.493 e. The zero-order chi connectivity index (χ0) is 20.5. The van der Waals surface area contributed by atoms with Gasteiger partial charge in [0.1, 0.15) is 6.33 Å². The summed E-state index contributed by atoms with van der Waals surface area (Å²) in [7, 11) is 3.10. The van der Waals surface area contributed by atoms with Crippen molar-refractivity contribution in [3.63, 3.8) is 0 Å². The predicted molar refractivity (Wildman–Crippen MR) is 110 cm³/mol. The van der Waals surface area contributed by atoms with E-state index in [4.69, 9.17) is 32.7 Å². The second-order valence-corrected chi connectivity index (χ2v) is 6.95. The number of nitrogens with zero attached hydrogens (tertiary/aromatic N) is 5. The Morgan fingerprint density at radius 1 is 1.00 bits per heavy atom. The van der Waals surface area contributed by atoms with Crippen LogP contribution in [0, 0.1) is 0 Å². The van der Waals surface area contributed by atoms with E-state index in [2.05, 4.69) is 15.3 Å². The molecule has 8 nitrogen and oxygen atoms in total. The Balaban J connectivity index is 1.74. The van der Waals surface area contributed by atoms with Crippen molar-refractivity contribution >= 4 is 34.4 Å². The van der Waals surface area contributed by atoms with Crippen LogP contribution in [-0.4, -0.2) is 38.8 Å². The van der Waals surface area contributed by atoms with Gasteiger partial charge in [-0.15, -0.1) is 5.10 Å². The number of hydrogen-bond acceptors (Lipinski definition) is 6. The summed E-state index contributed by atoms with van der Waals surface area (Å²) in [5.41, 5.74) is 1.64. The number of halogens is 2. The van der Waals surface area contributed by atoms with Crippen molar-refractivity contribution in [2.24, 2.45) is 0 Å². The molecule has 0 amide bonds. The van der Waals surface area contributed by atoms with Crippen LogP contribution in [0.5, 0.6) is 11.5 Å². The standard InChI is InChI=1S/C19H15Cl2N5O3/c1-28-15-6-4-12(8-16(15)29-2)26-18-17(23-24-26)19(27)25(10-22-18)9-11-3-5-13(20)14(21)7-11/h3-8,10H,9H2,1-2H3. The lowest BCUT2D eigenvalue weighted by molar-refractivity contribution is 0.355. The fourth-order valence-electron chi connectivity index (χ4n) is 2.92. The van der Waals surface area contributed by atoms with Gasteiger partial charge in [0.2, 0.25) is 0 Å². The van der Waals surface area contributed by atoms with Crippen molar-refractivity contribution in [2.75, 3.05) is 14.2 Å². The third-order valence-corrected chi connectivity index (χ3v) is 5.12. The zero-order valence-electron chi connectivity index (χ0n) is 15.5. The summed E-state index contributed by atoms with van der Waals surface area (Å²) in [6.45, 7) is 0.280. The smallest absolute Gasteiger partial charge is 0.283 e. The Labute approximate surface area is 175 Å². The molecule has 0 unspecified atom stereocenters.